The van der Waals surface area contributed by atoms with E-state index in [-0.39, 0.29) is 11.9 Å². The molecular weight excluding hydrogens is 404 g/mol. The molecule has 1 fully saturated rings. The van der Waals surface area contributed by atoms with E-state index >= 15 is 0 Å². The fourth-order valence-corrected chi connectivity index (χ4v) is 4.11. The molecule has 7 nitrogen and oxygen atoms in total. The minimum atomic E-state index is -0.0975. The molecule has 0 aliphatic carbocycles. The Hall–Kier alpha value is -3.32. The third kappa shape index (κ3) is 5.11. The Morgan fingerprint density at radius 3 is 2.56 bits per heavy atom. The molecule has 1 aliphatic rings. The van der Waals surface area contributed by atoms with Crippen molar-refractivity contribution in [1.82, 2.24) is 19.8 Å². The lowest BCUT2D eigenvalue weighted by atomic mass is 10.0. The summed E-state index contributed by atoms with van der Waals surface area (Å²) in [6.45, 7) is 2.96. The molecule has 7 heteroatoms. The quantitative estimate of drug-likeness (QED) is 0.558. The molecule has 1 unspecified atom stereocenters. The van der Waals surface area contributed by atoms with Crippen LogP contribution >= 0.6 is 0 Å². The van der Waals surface area contributed by atoms with Crippen LogP contribution in [0.15, 0.2) is 60.9 Å². The van der Waals surface area contributed by atoms with E-state index in [1.807, 2.05) is 48.1 Å². The van der Waals surface area contributed by atoms with E-state index in [9.17, 15) is 4.79 Å². The van der Waals surface area contributed by atoms with E-state index in [0.29, 0.717) is 24.5 Å². The summed E-state index contributed by atoms with van der Waals surface area (Å²) < 4.78 is 13.3. The molecule has 1 N–H and O–H groups in total. The molecule has 2 aromatic carbocycles. The van der Waals surface area contributed by atoms with E-state index in [2.05, 4.69) is 21.3 Å². The van der Waals surface area contributed by atoms with Crippen molar-refractivity contribution in [3.05, 3.63) is 77.9 Å². The van der Waals surface area contributed by atoms with Gasteiger partial charge in [0.1, 0.15) is 23.9 Å². The smallest absolute Gasteiger partial charge is 0.251 e. The van der Waals surface area contributed by atoms with Gasteiger partial charge in [0, 0.05) is 37.1 Å². The Morgan fingerprint density at radius 1 is 1.12 bits per heavy atom. The fraction of sp³-hybridized carbons (Fsp3) is 0.360. The zero-order valence-corrected chi connectivity index (χ0v) is 18.7. The second-order valence-electron chi connectivity index (χ2n) is 7.98. The minimum Gasteiger partial charge on any atom is -0.496 e. The second kappa shape index (κ2) is 10.3. The van der Waals surface area contributed by atoms with Crippen LogP contribution < -0.4 is 14.8 Å². The van der Waals surface area contributed by atoms with Crippen molar-refractivity contribution in [2.45, 2.75) is 25.5 Å². The number of aryl methyl sites for hydroxylation is 1. The largest absolute Gasteiger partial charge is 0.496 e. The molecule has 1 atom stereocenters. The molecule has 2 heterocycles. The molecule has 1 saturated heterocycles. The van der Waals surface area contributed by atoms with E-state index < -0.39 is 0 Å². The summed E-state index contributed by atoms with van der Waals surface area (Å²) in [7, 11) is 3.62. The normalized spacial score (nSPS) is 14.8. The topological polar surface area (TPSA) is 68.6 Å². The van der Waals surface area contributed by atoms with Crippen LogP contribution in [0.1, 0.15) is 40.6 Å². The highest BCUT2D eigenvalue weighted by Gasteiger charge is 2.26. The molecule has 1 amide bonds. The van der Waals surface area contributed by atoms with Gasteiger partial charge in [-0.3, -0.25) is 9.69 Å². The number of nitrogens with one attached hydrogen (secondary N) is 1. The van der Waals surface area contributed by atoms with Gasteiger partial charge in [0.2, 0.25) is 0 Å². The van der Waals surface area contributed by atoms with E-state index in [4.69, 9.17) is 9.47 Å². The Morgan fingerprint density at radius 2 is 1.88 bits per heavy atom. The number of imidazole rings is 1. The van der Waals surface area contributed by atoms with Crippen LogP contribution in [0, 0.1) is 0 Å². The van der Waals surface area contributed by atoms with Crippen molar-refractivity contribution in [2.24, 2.45) is 7.05 Å². The van der Waals surface area contributed by atoms with Crippen LogP contribution in [0.2, 0.25) is 0 Å². The van der Waals surface area contributed by atoms with Crippen LogP contribution in [0.25, 0.3) is 0 Å². The number of carbonyl (C=O) groups excluding carboxylic acids is 1. The van der Waals surface area contributed by atoms with Crippen LogP contribution in [0.5, 0.6) is 11.5 Å². The summed E-state index contributed by atoms with van der Waals surface area (Å²) in [5.74, 6) is 2.30. The average molecular weight is 435 g/mol. The molecule has 4 rings (SSSR count). The highest BCUT2D eigenvalue weighted by atomic mass is 16.5. The predicted molar refractivity (Wildman–Crippen MR) is 123 cm³/mol. The summed E-state index contributed by atoms with van der Waals surface area (Å²) in [4.78, 5) is 19.5. The van der Waals surface area contributed by atoms with Crippen molar-refractivity contribution in [2.75, 3.05) is 26.7 Å². The average Bonchev–Trinajstić information content (AvgIpc) is 3.50. The molecule has 0 bridgehead atoms. The fourth-order valence-electron chi connectivity index (χ4n) is 4.11. The van der Waals surface area contributed by atoms with Crippen LogP contribution in [-0.4, -0.2) is 47.1 Å². The zero-order chi connectivity index (χ0) is 22.3. The first-order valence-corrected chi connectivity index (χ1v) is 11.0. The predicted octanol–water partition coefficient (Wildman–Crippen LogP) is 3.57. The van der Waals surface area contributed by atoms with Gasteiger partial charge in [-0.05, 0) is 56.3 Å². The van der Waals surface area contributed by atoms with Gasteiger partial charge in [-0.25, -0.2) is 4.98 Å². The number of ether oxygens (including phenoxy) is 2. The number of rotatable bonds is 9. The summed E-state index contributed by atoms with van der Waals surface area (Å²) >= 11 is 0. The minimum absolute atomic E-state index is 0.0815. The lowest BCUT2D eigenvalue weighted by Gasteiger charge is -2.29. The molecule has 1 aliphatic heterocycles. The molecule has 1 aromatic heterocycles. The van der Waals surface area contributed by atoms with E-state index in [0.717, 1.165) is 30.2 Å². The first-order chi connectivity index (χ1) is 15.7. The zero-order valence-electron chi connectivity index (χ0n) is 18.7. The Labute approximate surface area is 189 Å². The van der Waals surface area contributed by atoms with Gasteiger partial charge in [-0.2, -0.15) is 0 Å². The lowest BCUT2D eigenvalue weighted by Crippen LogP contribution is -2.37. The molecule has 168 valence electrons. The van der Waals surface area contributed by atoms with E-state index in [1.54, 1.807) is 25.4 Å². The number of methoxy groups -OCH3 is 1. The number of benzene rings is 2. The highest BCUT2D eigenvalue weighted by molar-refractivity contribution is 5.94. The van der Waals surface area contributed by atoms with E-state index in [1.165, 1.54) is 12.8 Å². The maximum absolute atomic E-state index is 12.8. The second-order valence-corrected chi connectivity index (χ2v) is 7.98. The van der Waals surface area contributed by atoms with Crippen molar-refractivity contribution in [1.29, 1.82) is 0 Å². The SMILES string of the molecule is COc1ccccc1C(CNC(=O)c1ccc(OCc2nccn2C)cc1)N1CCCC1. The number of likely N-dealkylation sites (tertiary alicyclic amines) is 1. The van der Waals surface area contributed by atoms with Crippen LogP contribution in [0.4, 0.5) is 0 Å². The molecule has 0 radical (unpaired) electrons. The number of hydrogen-bond donors (Lipinski definition) is 1. The first kappa shape index (κ1) is 21.9. The first-order valence-electron chi connectivity index (χ1n) is 11.0. The van der Waals surface area contributed by atoms with Crippen molar-refractivity contribution < 1.29 is 14.3 Å². The number of aromatic nitrogens is 2. The van der Waals surface area contributed by atoms with Gasteiger partial charge in [0.05, 0.1) is 13.2 Å². The summed E-state index contributed by atoms with van der Waals surface area (Å²) in [6, 6.07) is 15.3. The van der Waals surface area contributed by atoms with Crippen molar-refractivity contribution in [3.8, 4) is 11.5 Å². The molecule has 32 heavy (non-hydrogen) atoms. The Kier molecular flexibility index (Phi) is 7.07. The Balaban J connectivity index is 1.39. The van der Waals surface area contributed by atoms with Crippen molar-refractivity contribution in [3.63, 3.8) is 0 Å². The van der Waals surface area contributed by atoms with Gasteiger partial charge >= 0.3 is 0 Å². The number of carbonyl (C=O) groups is 1. The monoisotopic (exact) mass is 434 g/mol. The molecule has 0 saturated carbocycles. The lowest BCUT2D eigenvalue weighted by molar-refractivity contribution is 0.0937. The highest BCUT2D eigenvalue weighted by Crippen LogP contribution is 2.31. The maximum Gasteiger partial charge on any atom is 0.251 e. The van der Waals surface area contributed by atoms with Crippen LogP contribution in [-0.2, 0) is 13.7 Å². The number of amides is 1. The van der Waals surface area contributed by atoms with Gasteiger partial charge in [0.25, 0.3) is 5.91 Å². The third-order valence-electron chi connectivity index (χ3n) is 5.94. The standard InChI is InChI=1S/C25H30N4O3/c1-28-16-13-26-24(28)18-32-20-11-9-19(10-12-20)25(30)27-17-22(29-14-5-6-15-29)21-7-3-4-8-23(21)31-2/h3-4,7-13,16,22H,5-6,14-15,17-18H2,1-2H3,(H,27,30). The number of para-hydroxylation sites is 1. The van der Waals surface area contributed by atoms with Gasteiger partial charge in [0.15, 0.2) is 0 Å². The number of nitrogens with zero attached hydrogens (tertiary/aromatic N) is 3. The van der Waals surface area contributed by atoms with Gasteiger partial charge in [-0.1, -0.05) is 18.2 Å². The molecule has 3 aromatic rings. The Bertz CT molecular complexity index is 1030. The van der Waals surface area contributed by atoms with Crippen LogP contribution in [0.3, 0.4) is 0 Å². The van der Waals surface area contributed by atoms with Gasteiger partial charge < -0.3 is 19.4 Å². The summed E-state index contributed by atoms with van der Waals surface area (Å²) in [5, 5.41) is 3.12. The van der Waals surface area contributed by atoms with Crippen molar-refractivity contribution >= 4 is 5.91 Å². The molecule has 0 spiro atoms. The summed E-state index contributed by atoms with van der Waals surface area (Å²) in [6.07, 6.45) is 5.98. The molecular formula is C25H30N4O3. The maximum atomic E-state index is 12.8. The third-order valence-corrected chi connectivity index (χ3v) is 5.94. The van der Waals surface area contributed by atoms with Gasteiger partial charge in [-0.15, -0.1) is 0 Å². The summed E-state index contributed by atoms with van der Waals surface area (Å²) in [5.41, 5.74) is 1.71. The number of hydrogen-bond acceptors (Lipinski definition) is 5.